The molecule has 0 aliphatic carbocycles. The third kappa shape index (κ3) is 2.33. The minimum atomic E-state index is -0.183. The number of carbonyl (C=O) groups excluding carboxylic acids is 2. The molecule has 2 aliphatic heterocycles. The lowest BCUT2D eigenvalue weighted by molar-refractivity contribution is -0.138. The molecule has 3 rings (SSSR count). The average molecular weight is 304 g/mol. The summed E-state index contributed by atoms with van der Waals surface area (Å²) in [7, 11) is 4.78. The highest BCUT2D eigenvalue weighted by Gasteiger charge is 2.50. The monoisotopic (exact) mass is 304 g/mol. The average Bonchev–Trinajstić information content (AvgIpc) is 3.03. The summed E-state index contributed by atoms with van der Waals surface area (Å²) in [6, 6.07) is 5.78. The van der Waals surface area contributed by atoms with Crippen LogP contribution in [0.2, 0.25) is 0 Å². The molecule has 0 bridgehead atoms. The summed E-state index contributed by atoms with van der Waals surface area (Å²) in [5, 5.41) is 0. The van der Waals surface area contributed by atoms with Crippen LogP contribution in [-0.4, -0.2) is 56.0 Å². The molecule has 0 N–H and O–H groups in total. The van der Waals surface area contributed by atoms with Gasteiger partial charge in [-0.1, -0.05) is 6.07 Å². The highest BCUT2D eigenvalue weighted by atomic mass is 16.5. The number of fused-ring (bicyclic) bond motifs is 1. The van der Waals surface area contributed by atoms with Crippen molar-refractivity contribution in [3.63, 3.8) is 0 Å². The fourth-order valence-corrected chi connectivity index (χ4v) is 3.36. The summed E-state index contributed by atoms with van der Waals surface area (Å²) in [5.74, 6) is 0.910. The van der Waals surface area contributed by atoms with Gasteiger partial charge in [0.1, 0.15) is 0 Å². The minimum absolute atomic E-state index is 0.0511. The first-order valence-electron chi connectivity index (χ1n) is 7.29. The Bertz CT molecular complexity index is 592. The quantitative estimate of drug-likeness (QED) is 0.768. The first-order chi connectivity index (χ1) is 10.5. The molecule has 0 aromatic heterocycles. The Balaban J connectivity index is 1.71. The maximum Gasteiger partial charge on any atom is 0.234 e. The van der Waals surface area contributed by atoms with Crippen molar-refractivity contribution in [1.82, 2.24) is 9.80 Å². The first-order valence-corrected chi connectivity index (χ1v) is 7.29. The molecule has 2 atom stereocenters. The van der Waals surface area contributed by atoms with Crippen LogP contribution in [0.1, 0.15) is 5.56 Å². The number of carbonyl (C=O) groups is 2. The zero-order valence-electron chi connectivity index (χ0n) is 13.0. The van der Waals surface area contributed by atoms with Gasteiger partial charge in [0.15, 0.2) is 11.5 Å². The maximum absolute atomic E-state index is 12.0. The molecule has 2 saturated heterocycles. The number of likely N-dealkylation sites (tertiary alicyclic amines) is 2. The van der Waals surface area contributed by atoms with Gasteiger partial charge in [0, 0.05) is 26.7 Å². The predicted octanol–water partition coefficient (Wildman–Crippen LogP) is 0.750. The van der Waals surface area contributed by atoms with Crippen molar-refractivity contribution in [3.05, 3.63) is 23.8 Å². The standard InChI is InChI=1S/C16H20N2O4/c1-17-15(19)11-8-18(9-12(11)16(17)20)7-10-4-5-13(21-2)14(6-10)22-3/h4-6,11-12H,7-9H2,1-3H3. The van der Waals surface area contributed by atoms with Crippen LogP contribution in [0, 0.1) is 11.8 Å². The largest absolute Gasteiger partial charge is 0.493 e. The van der Waals surface area contributed by atoms with Gasteiger partial charge in [-0.3, -0.25) is 19.4 Å². The Hall–Kier alpha value is -2.08. The Morgan fingerprint density at radius 2 is 1.64 bits per heavy atom. The zero-order valence-corrected chi connectivity index (χ0v) is 13.0. The zero-order chi connectivity index (χ0) is 15.9. The van der Waals surface area contributed by atoms with Gasteiger partial charge >= 0.3 is 0 Å². The molecule has 1 aromatic rings. The summed E-state index contributed by atoms with van der Waals surface area (Å²) in [6.45, 7) is 1.96. The van der Waals surface area contributed by atoms with Gasteiger partial charge in [-0.2, -0.15) is 0 Å². The molecule has 2 unspecified atom stereocenters. The number of methoxy groups -OCH3 is 2. The number of amides is 2. The molecule has 6 heteroatoms. The molecule has 1 aromatic carbocycles. The highest BCUT2D eigenvalue weighted by Crippen LogP contribution is 2.34. The number of imide groups is 1. The molecule has 0 radical (unpaired) electrons. The van der Waals surface area contributed by atoms with Crippen LogP contribution < -0.4 is 9.47 Å². The molecule has 0 saturated carbocycles. The van der Waals surface area contributed by atoms with Crippen LogP contribution in [0.4, 0.5) is 0 Å². The normalized spacial score (nSPS) is 24.8. The summed E-state index contributed by atoms with van der Waals surface area (Å²) in [6.07, 6.45) is 0. The second-order valence-electron chi connectivity index (χ2n) is 5.83. The van der Waals surface area contributed by atoms with E-state index in [0.29, 0.717) is 31.1 Å². The van der Waals surface area contributed by atoms with Crippen molar-refractivity contribution in [2.24, 2.45) is 11.8 Å². The van der Waals surface area contributed by atoms with Crippen molar-refractivity contribution < 1.29 is 19.1 Å². The molecule has 22 heavy (non-hydrogen) atoms. The van der Waals surface area contributed by atoms with Crippen molar-refractivity contribution in [2.45, 2.75) is 6.54 Å². The second-order valence-corrected chi connectivity index (χ2v) is 5.83. The van der Waals surface area contributed by atoms with Crippen molar-refractivity contribution in [1.29, 1.82) is 0 Å². The molecular formula is C16H20N2O4. The van der Waals surface area contributed by atoms with E-state index >= 15 is 0 Å². The molecule has 2 heterocycles. The van der Waals surface area contributed by atoms with E-state index in [0.717, 1.165) is 5.56 Å². The van der Waals surface area contributed by atoms with Gasteiger partial charge in [0.2, 0.25) is 11.8 Å². The van der Waals surface area contributed by atoms with Gasteiger partial charge in [0.25, 0.3) is 0 Å². The maximum atomic E-state index is 12.0. The summed E-state index contributed by atoms with van der Waals surface area (Å²) >= 11 is 0. The fourth-order valence-electron chi connectivity index (χ4n) is 3.36. The third-order valence-corrected chi connectivity index (χ3v) is 4.55. The van der Waals surface area contributed by atoms with Gasteiger partial charge in [-0.25, -0.2) is 0 Å². The lowest BCUT2D eigenvalue weighted by Gasteiger charge is -2.19. The topological polar surface area (TPSA) is 59.1 Å². The molecule has 6 nitrogen and oxygen atoms in total. The molecule has 2 aliphatic rings. The Labute approximate surface area is 129 Å². The van der Waals surface area contributed by atoms with Gasteiger partial charge in [0.05, 0.1) is 26.1 Å². The highest BCUT2D eigenvalue weighted by molar-refractivity contribution is 6.05. The fraction of sp³-hybridized carbons (Fsp3) is 0.500. The number of benzene rings is 1. The van der Waals surface area contributed by atoms with Crippen LogP contribution in [0.5, 0.6) is 11.5 Å². The number of ether oxygens (including phenoxy) is 2. The van der Waals surface area contributed by atoms with Gasteiger partial charge < -0.3 is 9.47 Å². The minimum Gasteiger partial charge on any atom is -0.493 e. The molecule has 2 fully saturated rings. The van der Waals surface area contributed by atoms with Gasteiger partial charge in [-0.05, 0) is 17.7 Å². The Morgan fingerprint density at radius 3 is 2.18 bits per heavy atom. The van der Waals surface area contributed by atoms with Crippen LogP contribution in [0.25, 0.3) is 0 Å². The number of rotatable bonds is 4. The predicted molar refractivity (Wildman–Crippen MR) is 79.6 cm³/mol. The van der Waals surface area contributed by atoms with Gasteiger partial charge in [-0.15, -0.1) is 0 Å². The first kappa shape index (κ1) is 14.8. The van der Waals surface area contributed by atoms with E-state index in [1.165, 1.54) is 4.90 Å². The van der Waals surface area contributed by atoms with Crippen LogP contribution in [-0.2, 0) is 16.1 Å². The summed E-state index contributed by atoms with van der Waals surface area (Å²) < 4.78 is 10.5. The van der Waals surface area contributed by atoms with E-state index in [1.54, 1.807) is 21.3 Å². The van der Waals surface area contributed by atoms with Crippen LogP contribution in [0.15, 0.2) is 18.2 Å². The van der Waals surface area contributed by atoms with E-state index in [-0.39, 0.29) is 23.7 Å². The third-order valence-electron chi connectivity index (χ3n) is 4.55. The number of nitrogens with zero attached hydrogens (tertiary/aromatic N) is 2. The molecular weight excluding hydrogens is 284 g/mol. The van der Waals surface area contributed by atoms with Crippen molar-refractivity contribution >= 4 is 11.8 Å². The van der Waals surface area contributed by atoms with E-state index < -0.39 is 0 Å². The van der Waals surface area contributed by atoms with E-state index in [4.69, 9.17) is 9.47 Å². The Morgan fingerprint density at radius 1 is 1.05 bits per heavy atom. The summed E-state index contributed by atoms with van der Waals surface area (Å²) in [5.41, 5.74) is 1.07. The van der Waals surface area contributed by atoms with E-state index in [9.17, 15) is 9.59 Å². The number of hydrogen-bond donors (Lipinski definition) is 0. The summed E-state index contributed by atoms with van der Waals surface area (Å²) in [4.78, 5) is 27.5. The van der Waals surface area contributed by atoms with Crippen LogP contribution >= 0.6 is 0 Å². The molecule has 0 spiro atoms. The smallest absolute Gasteiger partial charge is 0.234 e. The van der Waals surface area contributed by atoms with E-state index in [2.05, 4.69) is 4.90 Å². The molecule has 118 valence electrons. The van der Waals surface area contributed by atoms with Crippen LogP contribution in [0.3, 0.4) is 0 Å². The SMILES string of the molecule is COc1ccc(CN2CC3C(=O)N(C)C(=O)C3C2)cc1OC. The van der Waals surface area contributed by atoms with E-state index in [1.807, 2.05) is 18.2 Å². The lowest BCUT2D eigenvalue weighted by atomic mass is 10.00. The van der Waals surface area contributed by atoms with Crippen molar-refractivity contribution in [3.8, 4) is 11.5 Å². The van der Waals surface area contributed by atoms with Crippen molar-refractivity contribution in [2.75, 3.05) is 34.4 Å². The molecule has 2 amide bonds. The number of hydrogen-bond acceptors (Lipinski definition) is 5. The second kappa shape index (κ2) is 5.61. The lowest BCUT2D eigenvalue weighted by Crippen LogP contribution is -2.32. The Kier molecular flexibility index (Phi) is 3.78.